The Morgan fingerprint density at radius 2 is 1.74 bits per heavy atom. The van der Waals surface area contributed by atoms with Crippen LogP contribution in [0.1, 0.15) is 35.3 Å². The van der Waals surface area contributed by atoms with E-state index in [-0.39, 0.29) is 5.91 Å². The van der Waals surface area contributed by atoms with E-state index in [1.165, 1.54) is 11.1 Å². The van der Waals surface area contributed by atoms with Crippen molar-refractivity contribution < 1.29 is 4.79 Å². The number of amides is 1. The van der Waals surface area contributed by atoms with Gasteiger partial charge < -0.3 is 5.32 Å². The number of nitrogens with one attached hydrogen (secondary N) is 1. The van der Waals surface area contributed by atoms with E-state index < -0.39 is 0 Å². The van der Waals surface area contributed by atoms with Gasteiger partial charge in [0.1, 0.15) is 0 Å². The van der Waals surface area contributed by atoms with E-state index in [0.29, 0.717) is 12.1 Å². The molecule has 0 heterocycles. The molecule has 0 saturated heterocycles. The lowest BCUT2D eigenvalue weighted by Gasteiger charge is -2.20. The van der Waals surface area contributed by atoms with Crippen LogP contribution in [-0.2, 0) is 13.1 Å². The molecular formula is C19H23BrN2O. The molecule has 122 valence electrons. The Hall–Kier alpha value is -1.65. The van der Waals surface area contributed by atoms with Crippen LogP contribution in [0.2, 0.25) is 0 Å². The molecule has 23 heavy (non-hydrogen) atoms. The minimum Gasteiger partial charge on any atom is -0.348 e. The lowest BCUT2D eigenvalue weighted by Crippen LogP contribution is -2.26. The van der Waals surface area contributed by atoms with E-state index in [2.05, 4.69) is 58.2 Å². The number of hydrogen-bond donors (Lipinski definition) is 1. The van der Waals surface area contributed by atoms with E-state index in [9.17, 15) is 4.79 Å². The smallest absolute Gasteiger partial charge is 0.251 e. The SMILES string of the molecule is CCN(CC)Cc1ccccc1CNC(=O)c1cccc(Br)c1. The van der Waals surface area contributed by atoms with Gasteiger partial charge in [-0.25, -0.2) is 0 Å². The number of rotatable bonds is 7. The highest BCUT2D eigenvalue weighted by Crippen LogP contribution is 2.14. The predicted octanol–water partition coefficient (Wildman–Crippen LogP) is 4.22. The molecule has 2 aromatic rings. The fraction of sp³-hybridized carbons (Fsp3) is 0.316. The fourth-order valence-electron chi connectivity index (χ4n) is 2.48. The van der Waals surface area contributed by atoms with Crippen LogP contribution in [0, 0.1) is 0 Å². The monoisotopic (exact) mass is 374 g/mol. The van der Waals surface area contributed by atoms with Crippen molar-refractivity contribution >= 4 is 21.8 Å². The summed E-state index contributed by atoms with van der Waals surface area (Å²) < 4.78 is 0.909. The van der Waals surface area contributed by atoms with Gasteiger partial charge in [-0.15, -0.1) is 0 Å². The Bertz CT molecular complexity index is 653. The van der Waals surface area contributed by atoms with E-state index in [1.54, 1.807) is 0 Å². The topological polar surface area (TPSA) is 32.3 Å². The molecule has 4 heteroatoms. The first-order chi connectivity index (χ1) is 11.1. The summed E-state index contributed by atoms with van der Waals surface area (Å²) in [4.78, 5) is 14.6. The Balaban J connectivity index is 2.04. The quantitative estimate of drug-likeness (QED) is 0.786. The van der Waals surface area contributed by atoms with Gasteiger partial charge in [-0.3, -0.25) is 9.69 Å². The molecule has 3 nitrogen and oxygen atoms in total. The molecule has 0 aliphatic rings. The van der Waals surface area contributed by atoms with E-state index >= 15 is 0 Å². The first-order valence-corrected chi connectivity index (χ1v) is 8.76. The summed E-state index contributed by atoms with van der Waals surface area (Å²) in [6, 6.07) is 15.7. The molecule has 0 unspecified atom stereocenters. The minimum atomic E-state index is -0.0519. The molecular weight excluding hydrogens is 352 g/mol. The zero-order valence-electron chi connectivity index (χ0n) is 13.7. The van der Waals surface area contributed by atoms with Crippen LogP contribution in [0.4, 0.5) is 0 Å². The second-order valence-corrected chi connectivity index (χ2v) is 6.34. The van der Waals surface area contributed by atoms with Gasteiger partial charge in [0.25, 0.3) is 5.91 Å². The summed E-state index contributed by atoms with van der Waals surface area (Å²) in [5.74, 6) is -0.0519. The molecule has 1 N–H and O–H groups in total. The second-order valence-electron chi connectivity index (χ2n) is 5.42. The summed E-state index contributed by atoms with van der Waals surface area (Å²) in [5, 5.41) is 3.01. The highest BCUT2D eigenvalue weighted by atomic mass is 79.9. The molecule has 0 radical (unpaired) electrons. The van der Waals surface area contributed by atoms with E-state index in [4.69, 9.17) is 0 Å². The number of benzene rings is 2. The third-order valence-electron chi connectivity index (χ3n) is 3.93. The number of hydrogen-bond acceptors (Lipinski definition) is 2. The third-order valence-corrected chi connectivity index (χ3v) is 4.43. The van der Waals surface area contributed by atoms with Crippen LogP contribution >= 0.6 is 15.9 Å². The van der Waals surface area contributed by atoms with Gasteiger partial charge in [-0.1, -0.05) is 60.1 Å². The summed E-state index contributed by atoms with van der Waals surface area (Å²) in [6.07, 6.45) is 0. The standard InChI is InChI=1S/C19H23BrN2O/c1-3-22(4-2)14-17-9-6-5-8-16(17)13-21-19(23)15-10-7-11-18(20)12-15/h5-12H,3-4,13-14H2,1-2H3,(H,21,23). The van der Waals surface area contributed by atoms with Gasteiger partial charge >= 0.3 is 0 Å². The molecule has 0 aromatic heterocycles. The van der Waals surface area contributed by atoms with Crippen molar-refractivity contribution in [2.45, 2.75) is 26.9 Å². The summed E-state index contributed by atoms with van der Waals surface area (Å²) in [6.45, 7) is 7.84. The molecule has 0 aliphatic carbocycles. The van der Waals surface area contributed by atoms with Crippen LogP contribution in [0.25, 0.3) is 0 Å². The first-order valence-electron chi connectivity index (χ1n) is 7.97. The third kappa shape index (κ3) is 5.19. The van der Waals surface area contributed by atoms with Gasteiger partial charge in [0, 0.05) is 23.1 Å². The molecule has 0 bridgehead atoms. The highest BCUT2D eigenvalue weighted by molar-refractivity contribution is 9.10. The molecule has 0 aliphatic heterocycles. The predicted molar refractivity (Wildman–Crippen MR) is 98.4 cm³/mol. The normalized spacial score (nSPS) is 10.8. The van der Waals surface area contributed by atoms with E-state index in [0.717, 1.165) is 24.1 Å². The zero-order chi connectivity index (χ0) is 16.7. The van der Waals surface area contributed by atoms with E-state index in [1.807, 2.05) is 30.3 Å². The molecule has 0 spiro atoms. The van der Waals surface area contributed by atoms with Crippen LogP contribution in [0.3, 0.4) is 0 Å². The second kappa shape index (κ2) is 8.85. The average Bonchev–Trinajstić information content (AvgIpc) is 2.58. The van der Waals surface area contributed by atoms with Crippen molar-refractivity contribution in [2.24, 2.45) is 0 Å². The maximum Gasteiger partial charge on any atom is 0.251 e. The summed E-state index contributed by atoms with van der Waals surface area (Å²) in [7, 11) is 0. The number of carbonyl (C=O) groups excluding carboxylic acids is 1. The van der Waals surface area contributed by atoms with Crippen LogP contribution in [0.15, 0.2) is 53.0 Å². The maximum atomic E-state index is 12.3. The molecule has 0 atom stereocenters. The van der Waals surface area contributed by atoms with Crippen LogP contribution in [0.5, 0.6) is 0 Å². The van der Waals surface area contributed by atoms with Crippen LogP contribution < -0.4 is 5.32 Å². The largest absolute Gasteiger partial charge is 0.348 e. The number of nitrogens with zero attached hydrogens (tertiary/aromatic N) is 1. The molecule has 1 amide bonds. The maximum absolute atomic E-state index is 12.3. The van der Waals surface area contributed by atoms with Crippen molar-refractivity contribution in [2.75, 3.05) is 13.1 Å². The minimum absolute atomic E-state index is 0.0519. The Morgan fingerprint density at radius 3 is 2.39 bits per heavy atom. The van der Waals surface area contributed by atoms with Gasteiger partial charge in [0.15, 0.2) is 0 Å². The van der Waals surface area contributed by atoms with Gasteiger partial charge in [-0.2, -0.15) is 0 Å². The average molecular weight is 375 g/mol. The lowest BCUT2D eigenvalue weighted by molar-refractivity contribution is 0.0950. The van der Waals surface area contributed by atoms with Crippen molar-refractivity contribution in [1.82, 2.24) is 10.2 Å². The Kier molecular flexibility index (Phi) is 6.81. The Morgan fingerprint density at radius 1 is 1.04 bits per heavy atom. The zero-order valence-corrected chi connectivity index (χ0v) is 15.3. The number of halogens is 1. The molecule has 2 aromatic carbocycles. The fourth-order valence-corrected chi connectivity index (χ4v) is 2.88. The molecule has 2 rings (SSSR count). The van der Waals surface area contributed by atoms with Gasteiger partial charge in [-0.05, 0) is 42.4 Å². The lowest BCUT2D eigenvalue weighted by atomic mass is 10.1. The Labute approximate surface area is 146 Å². The van der Waals surface area contributed by atoms with Crippen LogP contribution in [-0.4, -0.2) is 23.9 Å². The number of carbonyl (C=O) groups is 1. The summed E-state index contributed by atoms with van der Waals surface area (Å²) in [5.41, 5.74) is 3.11. The van der Waals surface area contributed by atoms with Crippen molar-refractivity contribution in [3.63, 3.8) is 0 Å². The van der Waals surface area contributed by atoms with Crippen molar-refractivity contribution in [3.05, 3.63) is 69.7 Å². The first kappa shape index (κ1) is 17.7. The highest BCUT2D eigenvalue weighted by Gasteiger charge is 2.09. The van der Waals surface area contributed by atoms with Gasteiger partial charge in [0.05, 0.1) is 0 Å². The van der Waals surface area contributed by atoms with Crippen molar-refractivity contribution in [1.29, 1.82) is 0 Å². The summed E-state index contributed by atoms with van der Waals surface area (Å²) >= 11 is 3.40. The van der Waals surface area contributed by atoms with Crippen molar-refractivity contribution in [3.8, 4) is 0 Å². The van der Waals surface area contributed by atoms with Gasteiger partial charge in [0.2, 0.25) is 0 Å². The molecule has 0 saturated carbocycles. The molecule has 0 fully saturated rings.